The second-order valence-corrected chi connectivity index (χ2v) is 2.55. The van der Waals surface area contributed by atoms with E-state index in [1.54, 1.807) is 0 Å². The number of methoxy groups -OCH3 is 1. The third-order valence-corrected chi connectivity index (χ3v) is 1.39. The Labute approximate surface area is 80.8 Å². The van der Waals surface area contributed by atoms with Crippen LogP contribution in [0.4, 0.5) is 0 Å². The molecule has 0 aliphatic carbocycles. The van der Waals surface area contributed by atoms with Crippen LogP contribution in [0.3, 0.4) is 0 Å². The highest BCUT2D eigenvalue weighted by Crippen LogP contribution is 2.05. The number of rotatable bonds is 5. The fourth-order valence-corrected chi connectivity index (χ4v) is 0.811. The van der Waals surface area contributed by atoms with E-state index in [9.17, 15) is 14.4 Å². The predicted molar refractivity (Wildman–Crippen MR) is 44.4 cm³/mol. The molecular weight excluding hydrogens is 192 g/mol. The van der Waals surface area contributed by atoms with Crippen LogP contribution in [-0.2, 0) is 23.9 Å². The molecule has 0 heterocycles. The molecule has 0 aromatic rings. The van der Waals surface area contributed by atoms with Crippen LogP contribution in [0.1, 0.15) is 19.8 Å². The zero-order valence-electron chi connectivity index (χ0n) is 7.98. The highest BCUT2D eigenvalue weighted by molar-refractivity contribution is 5.79. The molecule has 0 bridgehead atoms. The fraction of sp³-hybridized carbons (Fsp3) is 0.625. The number of hydrogen-bond donors (Lipinski definition) is 1. The third-order valence-electron chi connectivity index (χ3n) is 1.39. The van der Waals surface area contributed by atoms with Gasteiger partial charge in [0.2, 0.25) is 0 Å². The zero-order chi connectivity index (χ0) is 11.1. The molecule has 0 amide bonds. The maximum absolute atomic E-state index is 11.0. The summed E-state index contributed by atoms with van der Waals surface area (Å²) >= 11 is 0. The molecule has 0 aromatic heterocycles. The molecule has 1 atom stereocenters. The van der Waals surface area contributed by atoms with Crippen molar-refractivity contribution in [2.24, 2.45) is 0 Å². The number of esters is 2. The normalized spacial score (nSPS) is 11.6. The summed E-state index contributed by atoms with van der Waals surface area (Å²) in [6.07, 6.45) is -1.47. The van der Waals surface area contributed by atoms with Gasteiger partial charge in [-0.25, -0.2) is 4.79 Å². The summed E-state index contributed by atoms with van der Waals surface area (Å²) in [5, 5.41) is 8.36. The number of carboxylic acids is 1. The van der Waals surface area contributed by atoms with E-state index in [0.29, 0.717) is 0 Å². The summed E-state index contributed by atoms with van der Waals surface area (Å²) in [4.78, 5) is 31.7. The van der Waals surface area contributed by atoms with Gasteiger partial charge < -0.3 is 14.6 Å². The van der Waals surface area contributed by atoms with E-state index >= 15 is 0 Å². The van der Waals surface area contributed by atoms with Gasteiger partial charge in [-0.2, -0.15) is 0 Å². The van der Waals surface area contributed by atoms with Crippen LogP contribution < -0.4 is 0 Å². The summed E-state index contributed by atoms with van der Waals surface area (Å²) in [6, 6.07) is 0. The van der Waals surface area contributed by atoms with Crippen molar-refractivity contribution in [3.05, 3.63) is 0 Å². The number of ether oxygens (including phenoxy) is 2. The summed E-state index contributed by atoms with van der Waals surface area (Å²) < 4.78 is 8.91. The first-order chi connectivity index (χ1) is 6.47. The van der Waals surface area contributed by atoms with Gasteiger partial charge in [-0.15, -0.1) is 0 Å². The minimum absolute atomic E-state index is 0.0818. The monoisotopic (exact) mass is 204 g/mol. The minimum atomic E-state index is -1.13. The molecule has 6 nitrogen and oxygen atoms in total. The maximum atomic E-state index is 11.0. The average molecular weight is 204 g/mol. The largest absolute Gasteiger partial charge is 0.481 e. The van der Waals surface area contributed by atoms with Crippen LogP contribution in [-0.4, -0.2) is 36.2 Å². The van der Waals surface area contributed by atoms with Gasteiger partial charge in [-0.1, -0.05) is 0 Å². The third kappa shape index (κ3) is 5.13. The van der Waals surface area contributed by atoms with Crippen molar-refractivity contribution in [1.82, 2.24) is 0 Å². The molecule has 80 valence electrons. The van der Waals surface area contributed by atoms with Gasteiger partial charge in [0.25, 0.3) is 0 Å². The molecule has 0 aliphatic rings. The van der Waals surface area contributed by atoms with Gasteiger partial charge in [0.05, 0.1) is 7.11 Å². The van der Waals surface area contributed by atoms with Gasteiger partial charge in [0, 0.05) is 19.8 Å². The van der Waals surface area contributed by atoms with Crippen molar-refractivity contribution in [3.63, 3.8) is 0 Å². The smallest absolute Gasteiger partial charge is 0.347 e. The van der Waals surface area contributed by atoms with E-state index in [1.807, 2.05) is 0 Å². The standard InChI is InChI=1S/C8H12O6/c1-5(9)14-6(8(12)13-2)3-4-7(10)11/h6H,3-4H2,1-2H3,(H,10,11). The molecule has 0 spiro atoms. The van der Waals surface area contributed by atoms with Crippen LogP contribution in [0.15, 0.2) is 0 Å². The second-order valence-electron chi connectivity index (χ2n) is 2.55. The Hall–Kier alpha value is -1.59. The van der Waals surface area contributed by atoms with E-state index in [1.165, 1.54) is 0 Å². The topological polar surface area (TPSA) is 89.9 Å². The summed E-state index contributed by atoms with van der Waals surface area (Å²) in [7, 11) is 1.14. The first-order valence-corrected chi connectivity index (χ1v) is 3.94. The Morgan fingerprint density at radius 2 is 1.93 bits per heavy atom. The van der Waals surface area contributed by atoms with Crippen LogP contribution in [0.2, 0.25) is 0 Å². The molecule has 6 heteroatoms. The first kappa shape index (κ1) is 12.4. The molecule has 0 rings (SSSR count). The minimum Gasteiger partial charge on any atom is -0.481 e. The predicted octanol–water partition coefficient (Wildman–Crippen LogP) is -0.0441. The number of carboxylic acid groups (broad SMARTS) is 1. The van der Waals surface area contributed by atoms with Gasteiger partial charge in [0.1, 0.15) is 0 Å². The Bertz CT molecular complexity index is 234. The zero-order valence-corrected chi connectivity index (χ0v) is 7.98. The molecule has 0 radical (unpaired) electrons. The molecule has 0 saturated heterocycles. The molecule has 0 saturated carbocycles. The second kappa shape index (κ2) is 5.95. The van der Waals surface area contributed by atoms with Crippen molar-refractivity contribution in [3.8, 4) is 0 Å². The molecular formula is C8H12O6. The Morgan fingerprint density at radius 1 is 1.36 bits per heavy atom. The van der Waals surface area contributed by atoms with Crippen molar-refractivity contribution in [2.75, 3.05) is 7.11 Å². The van der Waals surface area contributed by atoms with Gasteiger partial charge in [-0.05, 0) is 0 Å². The van der Waals surface area contributed by atoms with Crippen LogP contribution in [0, 0.1) is 0 Å². The average Bonchev–Trinajstić information content (AvgIpc) is 2.10. The van der Waals surface area contributed by atoms with Crippen molar-refractivity contribution < 1.29 is 29.0 Å². The number of carbonyl (C=O) groups excluding carboxylic acids is 2. The number of carbonyl (C=O) groups is 3. The molecule has 1 N–H and O–H groups in total. The lowest BCUT2D eigenvalue weighted by Crippen LogP contribution is -2.28. The SMILES string of the molecule is COC(=O)C(CCC(=O)O)OC(C)=O. The molecule has 0 aromatic carbocycles. The fourth-order valence-electron chi connectivity index (χ4n) is 0.811. The molecule has 0 fully saturated rings. The Kier molecular flexibility index (Phi) is 5.28. The summed E-state index contributed by atoms with van der Waals surface area (Å²) in [5.41, 5.74) is 0. The van der Waals surface area contributed by atoms with Gasteiger partial charge >= 0.3 is 17.9 Å². The van der Waals surface area contributed by atoms with E-state index in [4.69, 9.17) is 5.11 Å². The first-order valence-electron chi connectivity index (χ1n) is 3.94. The number of hydrogen-bond acceptors (Lipinski definition) is 5. The lowest BCUT2D eigenvalue weighted by Gasteiger charge is -2.12. The molecule has 14 heavy (non-hydrogen) atoms. The van der Waals surface area contributed by atoms with Crippen LogP contribution >= 0.6 is 0 Å². The lowest BCUT2D eigenvalue weighted by molar-refractivity contribution is -0.165. The van der Waals surface area contributed by atoms with E-state index in [2.05, 4.69) is 9.47 Å². The van der Waals surface area contributed by atoms with Crippen molar-refractivity contribution >= 4 is 17.9 Å². The van der Waals surface area contributed by atoms with Crippen molar-refractivity contribution in [1.29, 1.82) is 0 Å². The molecule has 1 unspecified atom stereocenters. The molecule has 0 aliphatic heterocycles. The highest BCUT2D eigenvalue weighted by atomic mass is 16.6. The van der Waals surface area contributed by atoms with E-state index in [0.717, 1.165) is 14.0 Å². The van der Waals surface area contributed by atoms with Gasteiger partial charge in [-0.3, -0.25) is 9.59 Å². The van der Waals surface area contributed by atoms with Crippen LogP contribution in [0.5, 0.6) is 0 Å². The maximum Gasteiger partial charge on any atom is 0.347 e. The highest BCUT2D eigenvalue weighted by Gasteiger charge is 2.22. The summed E-state index contributed by atoms with van der Waals surface area (Å²) in [6.45, 7) is 1.14. The van der Waals surface area contributed by atoms with E-state index in [-0.39, 0.29) is 12.8 Å². The number of aliphatic carboxylic acids is 1. The Balaban J connectivity index is 4.17. The van der Waals surface area contributed by atoms with E-state index < -0.39 is 24.0 Å². The van der Waals surface area contributed by atoms with Crippen molar-refractivity contribution in [2.45, 2.75) is 25.9 Å². The van der Waals surface area contributed by atoms with Crippen LogP contribution in [0.25, 0.3) is 0 Å². The quantitative estimate of drug-likeness (QED) is 0.632. The Morgan fingerprint density at radius 3 is 2.29 bits per heavy atom. The summed E-state index contributed by atoms with van der Waals surface area (Å²) in [5.74, 6) is -2.46. The van der Waals surface area contributed by atoms with Gasteiger partial charge in [0.15, 0.2) is 6.10 Å². The lowest BCUT2D eigenvalue weighted by atomic mass is 10.2.